The number of methoxy groups -OCH3 is 1. The van der Waals surface area contributed by atoms with Crippen molar-refractivity contribution < 1.29 is 23.8 Å². The van der Waals surface area contributed by atoms with Crippen molar-refractivity contribution in [1.29, 1.82) is 0 Å². The van der Waals surface area contributed by atoms with Gasteiger partial charge in [-0.2, -0.15) is 0 Å². The summed E-state index contributed by atoms with van der Waals surface area (Å²) in [6.07, 6.45) is 0. The Morgan fingerprint density at radius 3 is 2.63 bits per heavy atom. The molecule has 0 radical (unpaired) electrons. The van der Waals surface area contributed by atoms with Gasteiger partial charge in [0.15, 0.2) is 11.5 Å². The Morgan fingerprint density at radius 1 is 1.09 bits per heavy atom. The molecular weight excluding hydrogens is 448 g/mol. The fourth-order valence-corrected chi connectivity index (χ4v) is 4.69. The van der Waals surface area contributed by atoms with E-state index in [0.29, 0.717) is 5.69 Å². The van der Waals surface area contributed by atoms with Crippen LogP contribution in [0.4, 0.5) is 5.69 Å². The van der Waals surface area contributed by atoms with Crippen molar-refractivity contribution in [3.8, 4) is 11.5 Å². The number of aromatic amines is 1. The number of carbonyl (C=O) groups excluding carboxylic acids is 2. The van der Waals surface area contributed by atoms with E-state index in [1.807, 2.05) is 44.2 Å². The second-order valence-corrected chi connectivity index (χ2v) is 9.08. The molecule has 0 aliphatic carbocycles. The molecule has 2 aromatic carbocycles. The maximum atomic E-state index is 13.2. The first-order valence-electron chi connectivity index (χ1n) is 11.8. The predicted octanol–water partition coefficient (Wildman–Crippen LogP) is 3.14. The standard InChI is InChI=1S/C26H30N4O5/c1-16-4-6-20-19(12-16)23(24(27-20)26(32)33-3)28-25(31)17(2)30-10-8-29(9-11-30)14-18-5-7-21-22(13-18)35-15-34-21/h4-7,12-13,17,27H,8-11,14-15H2,1-3H3,(H,28,31). The summed E-state index contributed by atoms with van der Waals surface area (Å²) in [5.41, 5.74) is 3.71. The van der Waals surface area contributed by atoms with E-state index >= 15 is 0 Å². The summed E-state index contributed by atoms with van der Waals surface area (Å²) in [4.78, 5) is 33.2. The molecule has 2 aliphatic rings. The first-order chi connectivity index (χ1) is 16.9. The number of nitrogens with one attached hydrogen (secondary N) is 2. The van der Waals surface area contributed by atoms with Crippen LogP contribution in [-0.2, 0) is 16.1 Å². The molecule has 0 bridgehead atoms. The van der Waals surface area contributed by atoms with Gasteiger partial charge in [0.25, 0.3) is 0 Å². The first-order valence-corrected chi connectivity index (χ1v) is 11.8. The minimum Gasteiger partial charge on any atom is -0.464 e. The minimum absolute atomic E-state index is 0.151. The van der Waals surface area contributed by atoms with Crippen molar-refractivity contribution in [2.24, 2.45) is 0 Å². The third-order valence-electron chi connectivity index (χ3n) is 6.77. The summed E-state index contributed by atoms with van der Waals surface area (Å²) >= 11 is 0. The molecule has 9 heteroatoms. The van der Waals surface area contributed by atoms with Gasteiger partial charge in [0.05, 0.1) is 18.8 Å². The number of aryl methyl sites for hydroxylation is 1. The van der Waals surface area contributed by atoms with Gasteiger partial charge in [-0.05, 0) is 43.7 Å². The molecule has 35 heavy (non-hydrogen) atoms. The van der Waals surface area contributed by atoms with E-state index in [1.54, 1.807) is 0 Å². The van der Waals surface area contributed by atoms with E-state index in [2.05, 4.69) is 26.2 Å². The number of H-pyrrole nitrogens is 1. The molecule has 1 amide bonds. The number of ether oxygens (including phenoxy) is 3. The van der Waals surface area contributed by atoms with Gasteiger partial charge in [0.2, 0.25) is 12.7 Å². The van der Waals surface area contributed by atoms with Gasteiger partial charge < -0.3 is 24.5 Å². The summed E-state index contributed by atoms with van der Waals surface area (Å²) in [5, 5.41) is 3.79. The normalized spacial score (nSPS) is 16.9. The molecule has 9 nitrogen and oxygen atoms in total. The first kappa shape index (κ1) is 23.2. The van der Waals surface area contributed by atoms with Crippen LogP contribution < -0.4 is 14.8 Å². The van der Waals surface area contributed by atoms with Crippen LogP contribution in [0.3, 0.4) is 0 Å². The number of aromatic nitrogens is 1. The molecule has 1 saturated heterocycles. The number of nitrogens with zero attached hydrogens (tertiary/aromatic N) is 2. The third kappa shape index (κ3) is 4.69. The van der Waals surface area contributed by atoms with Crippen molar-refractivity contribution in [1.82, 2.24) is 14.8 Å². The summed E-state index contributed by atoms with van der Waals surface area (Å²) in [6.45, 7) is 8.23. The Morgan fingerprint density at radius 2 is 1.86 bits per heavy atom. The largest absolute Gasteiger partial charge is 0.464 e. The third-order valence-corrected chi connectivity index (χ3v) is 6.77. The molecule has 2 aliphatic heterocycles. The molecule has 1 aromatic heterocycles. The summed E-state index contributed by atoms with van der Waals surface area (Å²) in [6, 6.07) is 11.5. The van der Waals surface area contributed by atoms with Gasteiger partial charge in [-0.15, -0.1) is 0 Å². The second-order valence-electron chi connectivity index (χ2n) is 9.08. The highest BCUT2D eigenvalue weighted by Crippen LogP contribution is 2.33. The maximum absolute atomic E-state index is 13.2. The van der Waals surface area contributed by atoms with Gasteiger partial charge >= 0.3 is 5.97 Å². The Bertz CT molecular complexity index is 1260. The Labute approximate surface area is 203 Å². The van der Waals surface area contributed by atoms with Crippen LogP contribution in [0.5, 0.6) is 11.5 Å². The molecule has 1 unspecified atom stereocenters. The van der Waals surface area contributed by atoms with Crippen LogP contribution in [0.25, 0.3) is 10.9 Å². The number of benzene rings is 2. The van der Waals surface area contributed by atoms with Crippen LogP contribution in [0.2, 0.25) is 0 Å². The maximum Gasteiger partial charge on any atom is 0.356 e. The van der Waals surface area contributed by atoms with E-state index in [1.165, 1.54) is 12.7 Å². The zero-order chi connectivity index (χ0) is 24.5. The van der Waals surface area contributed by atoms with E-state index in [-0.39, 0.29) is 24.4 Å². The molecule has 5 rings (SSSR count). The highest BCUT2D eigenvalue weighted by atomic mass is 16.7. The zero-order valence-electron chi connectivity index (χ0n) is 20.2. The number of fused-ring (bicyclic) bond motifs is 2. The number of amides is 1. The van der Waals surface area contributed by atoms with Crippen molar-refractivity contribution in [2.75, 3.05) is 45.4 Å². The zero-order valence-corrected chi connectivity index (χ0v) is 20.2. The monoisotopic (exact) mass is 478 g/mol. The summed E-state index contributed by atoms with van der Waals surface area (Å²) in [7, 11) is 1.33. The van der Waals surface area contributed by atoms with E-state index in [0.717, 1.165) is 60.7 Å². The van der Waals surface area contributed by atoms with Crippen molar-refractivity contribution in [2.45, 2.75) is 26.4 Å². The fourth-order valence-electron chi connectivity index (χ4n) is 4.69. The lowest BCUT2D eigenvalue weighted by Crippen LogP contribution is -2.52. The van der Waals surface area contributed by atoms with E-state index < -0.39 is 5.97 Å². The predicted molar refractivity (Wildman–Crippen MR) is 132 cm³/mol. The average molecular weight is 479 g/mol. The lowest BCUT2D eigenvalue weighted by molar-refractivity contribution is -0.121. The van der Waals surface area contributed by atoms with Gasteiger partial charge in [-0.3, -0.25) is 14.6 Å². The van der Waals surface area contributed by atoms with Crippen molar-refractivity contribution >= 4 is 28.5 Å². The molecular formula is C26H30N4O5. The second kappa shape index (κ2) is 9.59. The molecule has 1 fully saturated rings. The van der Waals surface area contributed by atoms with Crippen LogP contribution in [0.1, 0.15) is 28.5 Å². The van der Waals surface area contributed by atoms with Crippen molar-refractivity contribution in [3.05, 3.63) is 53.2 Å². The summed E-state index contributed by atoms with van der Waals surface area (Å²) < 4.78 is 15.8. The minimum atomic E-state index is -0.515. The quantitative estimate of drug-likeness (QED) is 0.526. The number of carbonyl (C=O) groups is 2. The lowest BCUT2D eigenvalue weighted by atomic mass is 10.1. The SMILES string of the molecule is COC(=O)c1[nH]c2ccc(C)cc2c1NC(=O)C(C)N1CCN(Cc2ccc3c(c2)OCO3)CC1. The van der Waals surface area contributed by atoms with Crippen LogP contribution in [0.15, 0.2) is 36.4 Å². The number of anilines is 1. The van der Waals surface area contributed by atoms with Crippen molar-refractivity contribution in [3.63, 3.8) is 0 Å². The highest BCUT2D eigenvalue weighted by Gasteiger charge is 2.28. The van der Waals surface area contributed by atoms with Gasteiger partial charge in [-0.25, -0.2) is 4.79 Å². The molecule has 2 N–H and O–H groups in total. The van der Waals surface area contributed by atoms with E-state index in [9.17, 15) is 9.59 Å². The van der Waals surface area contributed by atoms with Crippen LogP contribution in [0, 0.1) is 6.92 Å². The molecule has 184 valence electrons. The number of hydrogen-bond donors (Lipinski definition) is 2. The number of rotatable bonds is 6. The Balaban J connectivity index is 1.23. The molecule has 0 saturated carbocycles. The number of piperazine rings is 1. The lowest BCUT2D eigenvalue weighted by Gasteiger charge is -2.37. The van der Waals surface area contributed by atoms with E-state index in [4.69, 9.17) is 14.2 Å². The Kier molecular flexibility index (Phi) is 6.36. The highest BCUT2D eigenvalue weighted by molar-refractivity contribution is 6.11. The average Bonchev–Trinajstić information content (AvgIpc) is 3.48. The number of esters is 1. The number of hydrogen-bond acceptors (Lipinski definition) is 7. The topological polar surface area (TPSA) is 96.1 Å². The summed E-state index contributed by atoms with van der Waals surface area (Å²) in [5.74, 6) is 0.921. The Hall–Kier alpha value is -3.56. The van der Waals surface area contributed by atoms with Crippen LogP contribution in [-0.4, -0.2) is 72.8 Å². The van der Waals surface area contributed by atoms with Crippen LogP contribution >= 0.6 is 0 Å². The fraction of sp³-hybridized carbons (Fsp3) is 0.385. The van der Waals surface area contributed by atoms with Gasteiger partial charge in [0, 0.05) is 43.6 Å². The van der Waals surface area contributed by atoms with Gasteiger partial charge in [0.1, 0.15) is 5.69 Å². The molecule has 1 atom stereocenters. The molecule has 3 heterocycles. The molecule has 0 spiro atoms. The van der Waals surface area contributed by atoms with Gasteiger partial charge in [-0.1, -0.05) is 17.7 Å². The molecule has 3 aromatic rings. The smallest absolute Gasteiger partial charge is 0.356 e.